The van der Waals surface area contributed by atoms with Crippen molar-refractivity contribution in [1.29, 1.82) is 0 Å². The standard InChI is InChI=1S/C14H18N2S/c1-3-5-10-8-11(10)15-14-16-13-9(2)6-4-7-12(13)17-14/h4,6-7,10-11H,3,5,8H2,1-2H3,(H,15,16). The molecule has 1 fully saturated rings. The number of nitrogens with zero attached hydrogens (tertiary/aromatic N) is 1. The van der Waals surface area contributed by atoms with Crippen LogP contribution in [0.2, 0.25) is 0 Å². The van der Waals surface area contributed by atoms with E-state index in [1.54, 1.807) is 11.3 Å². The Morgan fingerprint density at radius 2 is 2.35 bits per heavy atom. The Balaban J connectivity index is 1.76. The molecule has 1 aromatic carbocycles. The van der Waals surface area contributed by atoms with Gasteiger partial charge in [-0.05, 0) is 37.3 Å². The number of aromatic nitrogens is 1. The highest BCUT2D eigenvalue weighted by Crippen LogP contribution is 2.39. The van der Waals surface area contributed by atoms with Crippen molar-refractivity contribution in [3.8, 4) is 0 Å². The molecule has 3 heteroatoms. The summed E-state index contributed by atoms with van der Waals surface area (Å²) in [4.78, 5) is 4.69. The number of anilines is 1. The van der Waals surface area contributed by atoms with Crippen LogP contribution in [-0.4, -0.2) is 11.0 Å². The summed E-state index contributed by atoms with van der Waals surface area (Å²) in [5.74, 6) is 0.883. The van der Waals surface area contributed by atoms with Crippen molar-refractivity contribution in [3.63, 3.8) is 0 Å². The van der Waals surface area contributed by atoms with Gasteiger partial charge in [-0.1, -0.05) is 36.8 Å². The second-order valence-electron chi connectivity index (χ2n) is 4.98. The number of para-hydroxylation sites is 1. The zero-order valence-electron chi connectivity index (χ0n) is 10.4. The molecule has 0 bridgehead atoms. The lowest BCUT2D eigenvalue weighted by Gasteiger charge is -1.99. The average molecular weight is 246 g/mol. The SMILES string of the molecule is CCCC1CC1Nc1nc2c(C)cccc2s1. The Bertz CT molecular complexity index is 532. The molecule has 2 aromatic rings. The van der Waals surface area contributed by atoms with E-state index in [2.05, 4.69) is 37.4 Å². The van der Waals surface area contributed by atoms with Gasteiger partial charge in [-0.15, -0.1) is 0 Å². The molecule has 90 valence electrons. The van der Waals surface area contributed by atoms with Crippen LogP contribution in [0.5, 0.6) is 0 Å². The van der Waals surface area contributed by atoms with E-state index < -0.39 is 0 Å². The van der Waals surface area contributed by atoms with Crippen molar-refractivity contribution in [2.24, 2.45) is 5.92 Å². The highest BCUT2D eigenvalue weighted by Gasteiger charge is 2.36. The number of thiazole rings is 1. The Hall–Kier alpha value is -1.09. The summed E-state index contributed by atoms with van der Waals surface area (Å²) >= 11 is 1.78. The van der Waals surface area contributed by atoms with E-state index in [1.165, 1.54) is 29.5 Å². The van der Waals surface area contributed by atoms with Crippen LogP contribution in [0.1, 0.15) is 31.7 Å². The van der Waals surface area contributed by atoms with Gasteiger partial charge in [0, 0.05) is 6.04 Å². The van der Waals surface area contributed by atoms with Gasteiger partial charge in [0.2, 0.25) is 0 Å². The van der Waals surface area contributed by atoms with Crippen molar-refractivity contribution in [3.05, 3.63) is 23.8 Å². The minimum Gasteiger partial charge on any atom is -0.358 e. The van der Waals surface area contributed by atoms with E-state index in [0.29, 0.717) is 6.04 Å². The first-order valence-electron chi connectivity index (χ1n) is 6.40. The fourth-order valence-corrected chi connectivity index (χ4v) is 3.43. The molecule has 1 heterocycles. The van der Waals surface area contributed by atoms with Gasteiger partial charge < -0.3 is 5.32 Å². The van der Waals surface area contributed by atoms with Crippen LogP contribution in [0.4, 0.5) is 5.13 Å². The third kappa shape index (κ3) is 2.16. The number of fused-ring (bicyclic) bond motifs is 1. The van der Waals surface area contributed by atoms with Crippen molar-refractivity contribution < 1.29 is 0 Å². The van der Waals surface area contributed by atoms with E-state index in [4.69, 9.17) is 4.98 Å². The molecule has 1 saturated carbocycles. The maximum absolute atomic E-state index is 4.69. The first kappa shape index (κ1) is 11.0. The molecule has 0 amide bonds. The van der Waals surface area contributed by atoms with Crippen LogP contribution in [0.25, 0.3) is 10.2 Å². The summed E-state index contributed by atoms with van der Waals surface area (Å²) in [6.45, 7) is 4.39. The molecule has 0 spiro atoms. The lowest BCUT2D eigenvalue weighted by atomic mass is 10.2. The van der Waals surface area contributed by atoms with E-state index in [9.17, 15) is 0 Å². The van der Waals surface area contributed by atoms with Crippen LogP contribution in [0, 0.1) is 12.8 Å². The first-order valence-corrected chi connectivity index (χ1v) is 7.22. The molecule has 0 saturated heterocycles. The van der Waals surface area contributed by atoms with E-state index in [1.807, 2.05) is 0 Å². The van der Waals surface area contributed by atoms with Gasteiger partial charge in [-0.2, -0.15) is 0 Å². The lowest BCUT2D eigenvalue weighted by molar-refractivity contribution is 0.693. The molecule has 1 N–H and O–H groups in total. The smallest absolute Gasteiger partial charge is 0.184 e. The van der Waals surface area contributed by atoms with Crippen molar-refractivity contribution in [2.75, 3.05) is 5.32 Å². The molecule has 2 unspecified atom stereocenters. The Kier molecular flexibility index (Phi) is 2.79. The van der Waals surface area contributed by atoms with Crippen molar-refractivity contribution >= 4 is 26.7 Å². The number of benzene rings is 1. The fourth-order valence-electron chi connectivity index (χ4n) is 2.42. The Morgan fingerprint density at radius 1 is 1.47 bits per heavy atom. The normalized spacial score (nSPS) is 22.9. The minimum atomic E-state index is 0.677. The summed E-state index contributed by atoms with van der Waals surface area (Å²) in [5, 5.41) is 4.67. The van der Waals surface area contributed by atoms with Crippen LogP contribution in [-0.2, 0) is 0 Å². The average Bonchev–Trinajstić information content (AvgIpc) is 2.88. The molecule has 3 rings (SSSR count). The maximum atomic E-state index is 4.69. The van der Waals surface area contributed by atoms with Gasteiger partial charge in [0.25, 0.3) is 0 Å². The second kappa shape index (κ2) is 4.30. The van der Waals surface area contributed by atoms with Gasteiger partial charge in [0.15, 0.2) is 5.13 Å². The third-order valence-electron chi connectivity index (χ3n) is 3.51. The van der Waals surface area contributed by atoms with E-state index in [0.717, 1.165) is 16.6 Å². The van der Waals surface area contributed by atoms with Crippen LogP contribution in [0.3, 0.4) is 0 Å². The summed E-state index contributed by atoms with van der Waals surface area (Å²) in [5.41, 5.74) is 2.43. The number of hydrogen-bond acceptors (Lipinski definition) is 3. The van der Waals surface area contributed by atoms with Crippen LogP contribution >= 0.6 is 11.3 Å². The predicted molar refractivity (Wildman–Crippen MR) is 74.8 cm³/mol. The summed E-state index contributed by atoms with van der Waals surface area (Å²) in [6.07, 6.45) is 3.96. The van der Waals surface area contributed by atoms with Crippen LogP contribution in [0.15, 0.2) is 18.2 Å². The summed E-state index contributed by atoms with van der Waals surface area (Å²) in [7, 11) is 0. The molecule has 1 aromatic heterocycles. The lowest BCUT2D eigenvalue weighted by Crippen LogP contribution is -2.03. The molecule has 2 nitrogen and oxygen atoms in total. The monoisotopic (exact) mass is 246 g/mol. The molecule has 1 aliphatic rings. The quantitative estimate of drug-likeness (QED) is 0.874. The predicted octanol–water partition coefficient (Wildman–Crippen LogP) is 4.21. The van der Waals surface area contributed by atoms with Crippen molar-refractivity contribution in [1.82, 2.24) is 4.98 Å². The van der Waals surface area contributed by atoms with Gasteiger partial charge in [0.05, 0.1) is 10.2 Å². The molecular weight excluding hydrogens is 228 g/mol. The third-order valence-corrected chi connectivity index (χ3v) is 4.46. The molecule has 0 aliphatic heterocycles. The topological polar surface area (TPSA) is 24.9 Å². The van der Waals surface area contributed by atoms with Crippen LogP contribution < -0.4 is 5.32 Å². The Morgan fingerprint density at radius 3 is 3.12 bits per heavy atom. The highest BCUT2D eigenvalue weighted by molar-refractivity contribution is 7.22. The van der Waals surface area contributed by atoms with Crippen molar-refractivity contribution in [2.45, 2.75) is 39.2 Å². The molecule has 1 aliphatic carbocycles. The zero-order chi connectivity index (χ0) is 11.8. The van der Waals surface area contributed by atoms with Gasteiger partial charge in [-0.25, -0.2) is 4.98 Å². The largest absolute Gasteiger partial charge is 0.358 e. The summed E-state index contributed by atoms with van der Waals surface area (Å²) in [6, 6.07) is 7.07. The molecule has 17 heavy (non-hydrogen) atoms. The number of hydrogen-bond donors (Lipinski definition) is 1. The Labute approximate surface area is 106 Å². The number of aryl methyl sites for hydroxylation is 1. The maximum Gasteiger partial charge on any atom is 0.184 e. The van der Waals surface area contributed by atoms with Gasteiger partial charge >= 0.3 is 0 Å². The van der Waals surface area contributed by atoms with E-state index >= 15 is 0 Å². The molecule has 2 atom stereocenters. The molecule has 0 radical (unpaired) electrons. The minimum absolute atomic E-state index is 0.677. The first-order chi connectivity index (χ1) is 8.28. The molecular formula is C14H18N2S. The number of nitrogens with one attached hydrogen (secondary N) is 1. The summed E-state index contributed by atoms with van der Waals surface area (Å²) < 4.78 is 1.29. The fraction of sp³-hybridized carbons (Fsp3) is 0.500. The van der Waals surface area contributed by atoms with Gasteiger partial charge in [0.1, 0.15) is 0 Å². The second-order valence-corrected chi connectivity index (χ2v) is 6.01. The van der Waals surface area contributed by atoms with Gasteiger partial charge in [-0.3, -0.25) is 0 Å². The highest BCUT2D eigenvalue weighted by atomic mass is 32.1. The van der Waals surface area contributed by atoms with E-state index in [-0.39, 0.29) is 0 Å². The number of rotatable bonds is 4. The zero-order valence-corrected chi connectivity index (χ0v) is 11.2.